The van der Waals surface area contributed by atoms with Crippen molar-refractivity contribution in [2.75, 3.05) is 14.2 Å². The van der Waals surface area contributed by atoms with Crippen molar-refractivity contribution in [2.45, 2.75) is 12.7 Å². The standard InChI is InChI=1S/C11H10F3NO3/c1-17-9-7(5-15-6-16)3-4-8(10(9)18-2)11(12,13)14/h3-4H,5H2,1-2H3. The fourth-order valence-electron chi connectivity index (χ4n) is 1.50. The van der Waals surface area contributed by atoms with Gasteiger partial charge < -0.3 is 9.47 Å². The molecular formula is C11H10F3NO3. The van der Waals surface area contributed by atoms with Gasteiger partial charge >= 0.3 is 6.18 Å². The van der Waals surface area contributed by atoms with E-state index in [9.17, 15) is 18.0 Å². The number of isocyanates is 1. The summed E-state index contributed by atoms with van der Waals surface area (Å²) in [5, 5.41) is 0. The molecule has 1 rings (SSSR count). The molecule has 0 aliphatic carbocycles. The van der Waals surface area contributed by atoms with Crippen molar-refractivity contribution in [1.29, 1.82) is 0 Å². The third-order valence-corrected chi connectivity index (χ3v) is 2.22. The molecular weight excluding hydrogens is 251 g/mol. The summed E-state index contributed by atoms with van der Waals surface area (Å²) in [6, 6.07) is 2.04. The molecule has 0 unspecified atom stereocenters. The van der Waals surface area contributed by atoms with E-state index in [1.54, 1.807) is 0 Å². The summed E-state index contributed by atoms with van der Waals surface area (Å²) in [6.07, 6.45) is -3.24. The smallest absolute Gasteiger partial charge is 0.420 e. The fraction of sp³-hybridized carbons (Fsp3) is 0.364. The van der Waals surface area contributed by atoms with Gasteiger partial charge in [-0.1, -0.05) is 6.07 Å². The van der Waals surface area contributed by atoms with Crippen molar-refractivity contribution < 1.29 is 27.4 Å². The van der Waals surface area contributed by atoms with Gasteiger partial charge in [-0.2, -0.15) is 13.2 Å². The number of hydrogen-bond acceptors (Lipinski definition) is 4. The van der Waals surface area contributed by atoms with Crippen LogP contribution in [-0.4, -0.2) is 20.3 Å². The molecule has 0 radical (unpaired) electrons. The number of ether oxygens (including phenoxy) is 2. The lowest BCUT2D eigenvalue weighted by Crippen LogP contribution is -2.09. The van der Waals surface area contributed by atoms with E-state index in [0.717, 1.165) is 13.2 Å². The minimum absolute atomic E-state index is 0.0914. The maximum atomic E-state index is 12.7. The topological polar surface area (TPSA) is 47.9 Å². The molecule has 0 bridgehead atoms. The number of benzene rings is 1. The van der Waals surface area contributed by atoms with Crippen molar-refractivity contribution in [3.8, 4) is 11.5 Å². The first-order valence-corrected chi connectivity index (χ1v) is 4.80. The second-order valence-corrected chi connectivity index (χ2v) is 3.24. The first-order valence-electron chi connectivity index (χ1n) is 4.80. The second-order valence-electron chi connectivity index (χ2n) is 3.24. The maximum absolute atomic E-state index is 12.7. The summed E-state index contributed by atoms with van der Waals surface area (Å²) < 4.78 is 47.8. The van der Waals surface area contributed by atoms with Crippen molar-refractivity contribution >= 4 is 6.08 Å². The van der Waals surface area contributed by atoms with E-state index in [1.807, 2.05) is 0 Å². The zero-order chi connectivity index (χ0) is 13.8. The predicted octanol–water partition coefficient (Wildman–Crippen LogP) is 2.56. The SMILES string of the molecule is COc1c(CN=C=O)ccc(C(F)(F)F)c1OC. The second kappa shape index (κ2) is 5.55. The lowest BCUT2D eigenvalue weighted by molar-refractivity contribution is -0.138. The number of carbonyl (C=O) groups excluding carboxylic acids is 1. The van der Waals surface area contributed by atoms with Crippen LogP contribution >= 0.6 is 0 Å². The molecule has 1 aromatic rings. The average molecular weight is 261 g/mol. The monoisotopic (exact) mass is 261 g/mol. The van der Waals surface area contributed by atoms with Crippen LogP contribution in [0.5, 0.6) is 11.5 Å². The summed E-state index contributed by atoms with van der Waals surface area (Å²) in [7, 11) is 2.33. The van der Waals surface area contributed by atoms with E-state index in [4.69, 9.17) is 9.47 Å². The van der Waals surface area contributed by atoms with E-state index >= 15 is 0 Å². The van der Waals surface area contributed by atoms with Crippen molar-refractivity contribution in [1.82, 2.24) is 0 Å². The van der Waals surface area contributed by atoms with Crippen LogP contribution in [0.1, 0.15) is 11.1 Å². The quantitative estimate of drug-likeness (QED) is 0.618. The number of hydrogen-bond donors (Lipinski definition) is 0. The molecule has 0 N–H and O–H groups in total. The van der Waals surface area contributed by atoms with E-state index < -0.39 is 17.5 Å². The summed E-state index contributed by atoms with van der Waals surface area (Å²) in [5.41, 5.74) is -0.633. The van der Waals surface area contributed by atoms with Gasteiger partial charge in [0.05, 0.1) is 20.8 Å². The zero-order valence-electron chi connectivity index (χ0n) is 9.67. The van der Waals surface area contributed by atoms with Crippen LogP contribution in [0.3, 0.4) is 0 Å². The molecule has 98 valence electrons. The highest BCUT2D eigenvalue weighted by atomic mass is 19.4. The number of methoxy groups -OCH3 is 2. The lowest BCUT2D eigenvalue weighted by atomic mass is 10.1. The third-order valence-electron chi connectivity index (χ3n) is 2.22. The van der Waals surface area contributed by atoms with Crippen molar-refractivity contribution in [3.63, 3.8) is 0 Å². The molecule has 0 aliphatic rings. The number of halogens is 3. The Labute approximate surface area is 101 Å². The summed E-state index contributed by atoms with van der Waals surface area (Å²) in [6.45, 7) is -0.124. The molecule has 0 saturated heterocycles. The highest BCUT2D eigenvalue weighted by Crippen LogP contribution is 2.43. The van der Waals surface area contributed by atoms with Crippen LogP contribution in [0.4, 0.5) is 13.2 Å². The van der Waals surface area contributed by atoms with Gasteiger partial charge in [0.1, 0.15) is 5.56 Å². The van der Waals surface area contributed by atoms with Gasteiger partial charge in [-0.05, 0) is 6.07 Å². The van der Waals surface area contributed by atoms with Gasteiger partial charge in [-0.25, -0.2) is 9.79 Å². The van der Waals surface area contributed by atoms with Gasteiger partial charge in [0.25, 0.3) is 0 Å². The van der Waals surface area contributed by atoms with Crippen LogP contribution in [0.2, 0.25) is 0 Å². The molecule has 0 heterocycles. The molecule has 0 atom stereocenters. The summed E-state index contributed by atoms with van der Waals surface area (Å²) in [5.74, 6) is -0.519. The van der Waals surface area contributed by atoms with E-state index in [1.165, 1.54) is 19.3 Å². The normalized spacial score (nSPS) is 10.7. The van der Waals surface area contributed by atoms with Crippen LogP contribution in [0, 0.1) is 0 Å². The van der Waals surface area contributed by atoms with Crippen LogP contribution in [-0.2, 0) is 17.5 Å². The van der Waals surface area contributed by atoms with E-state index in [0.29, 0.717) is 5.56 Å². The first-order chi connectivity index (χ1) is 8.45. The molecule has 0 amide bonds. The van der Waals surface area contributed by atoms with Gasteiger partial charge in [0.2, 0.25) is 6.08 Å². The van der Waals surface area contributed by atoms with E-state index in [2.05, 4.69) is 4.99 Å². The van der Waals surface area contributed by atoms with Crippen molar-refractivity contribution in [3.05, 3.63) is 23.3 Å². The number of alkyl halides is 3. The molecule has 0 fully saturated rings. The predicted molar refractivity (Wildman–Crippen MR) is 56.4 cm³/mol. The van der Waals surface area contributed by atoms with Crippen LogP contribution < -0.4 is 9.47 Å². The molecule has 7 heteroatoms. The third kappa shape index (κ3) is 2.81. The largest absolute Gasteiger partial charge is 0.492 e. The molecule has 0 saturated carbocycles. The highest BCUT2D eigenvalue weighted by Gasteiger charge is 2.36. The lowest BCUT2D eigenvalue weighted by Gasteiger charge is -2.17. The molecule has 4 nitrogen and oxygen atoms in total. The average Bonchev–Trinajstić information content (AvgIpc) is 2.33. The Balaban J connectivity index is 3.40. The molecule has 18 heavy (non-hydrogen) atoms. The number of nitrogens with zero attached hydrogens (tertiary/aromatic N) is 1. The minimum atomic E-state index is -4.55. The summed E-state index contributed by atoms with van der Waals surface area (Å²) >= 11 is 0. The Morgan fingerprint density at radius 3 is 2.28 bits per heavy atom. The van der Waals surface area contributed by atoms with Gasteiger partial charge in [-0.15, -0.1) is 0 Å². The van der Waals surface area contributed by atoms with Gasteiger partial charge in [0.15, 0.2) is 11.5 Å². The molecule has 0 aromatic heterocycles. The minimum Gasteiger partial charge on any atom is -0.492 e. The molecule has 0 spiro atoms. The van der Waals surface area contributed by atoms with Crippen molar-refractivity contribution in [2.24, 2.45) is 4.99 Å². The van der Waals surface area contributed by atoms with Crippen LogP contribution in [0.25, 0.3) is 0 Å². The Hall–Kier alpha value is -2.01. The maximum Gasteiger partial charge on any atom is 0.420 e. The molecule has 0 aliphatic heterocycles. The molecule has 1 aromatic carbocycles. The Bertz CT molecular complexity index is 479. The Morgan fingerprint density at radius 1 is 1.22 bits per heavy atom. The van der Waals surface area contributed by atoms with E-state index in [-0.39, 0.29) is 12.3 Å². The number of rotatable bonds is 4. The Morgan fingerprint density at radius 2 is 1.83 bits per heavy atom. The zero-order valence-corrected chi connectivity index (χ0v) is 9.67. The van der Waals surface area contributed by atoms with Crippen LogP contribution in [0.15, 0.2) is 17.1 Å². The number of aliphatic imine (C=N–C) groups is 1. The fourth-order valence-corrected chi connectivity index (χ4v) is 1.50. The summed E-state index contributed by atoms with van der Waals surface area (Å²) in [4.78, 5) is 13.3. The van der Waals surface area contributed by atoms with Gasteiger partial charge in [0, 0.05) is 5.56 Å². The first kappa shape index (κ1) is 14.1. The van der Waals surface area contributed by atoms with Gasteiger partial charge in [-0.3, -0.25) is 0 Å². The highest BCUT2D eigenvalue weighted by molar-refractivity contribution is 5.53. The Kier molecular flexibility index (Phi) is 4.33.